The van der Waals surface area contributed by atoms with Gasteiger partial charge in [-0.25, -0.2) is 14.4 Å². The molecule has 0 aromatic heterocycles. The number of ether oxygens (including phenoxy) is 3. The molecule has 0 heterocycles. The number of rotatable bonds is 9. The summed E-state index contributed by atoms with van der Waals surface area (Å²) in [7, 11) is 0. The topological polar surface area (TPSA) is 146 Å². The predicted octanol–water partition coefficient (Wildman–Crippen LogP) is 5.53. The van der Waals surface area contributed by atoms with Crippen LogP contribution >= 0.6 is 0 Å². The van der Waals surface area contributed by atoms with Crippen molar-refractivity contribution in [3.8, 4) is 5.75 Å². The smallest absolute Gasteiger partial charge is 0.420 e. The highest BCUT2D eigenvalue weighted by atomic mass is 16.6. The van der Waals surface area contributed by atoms with Gasteiger partial charge in [0.25, 0.3) is 5.69 Å². The first-order valence-electron chi connectivity index (χ1n) is 12.3. The molecule has 0 spiro atoms. The fourth-order valence-electron chi connectivity index (χ4n) is 3.66. The van der Waals surface area contributed by atoms with Gasteiger partial charge in [-0.1, -0.05) is 60.7 Å². The van der Waals surface area contributed by atoms with Crippen LogP contribution in [0.15, 0.2) is 78.9 Å². The van der Waals surface area contributed by atoms with Crippen molar-refractivity contribution in [2.45, 2.75) is 52.0 Å². The highest BCUT2D eigenvalue weighted by molar-refractivity contribution is 5.94. The van der Waals surface area contributed by atoms with E-state index in [1.807, 2.05) is 0 Å². The van der Waals surface area contributed by atoms with Crippen molar-refractivity contribution in [1.82, 2.24) is 4.90 Å². The lowest BCUT2D eigenvalue weighted by atomic mass is 10.0. The second-order valence-corrected chi connectivity index (χ2v) is 9.77. The van der Waals surface area contributed by atoms with E-state index >= 15 is 0 Å². The number of phenols is 1. The van der Waals surface area contributed by atoms with Gasteiger partial charge >= 0.3 is 18.2 Å². The molecule has 2 amide bonds. The lowest BCUT2D eigenvalue weighted by molar-refractivity contribution is -0.385. The molecule has 0 bridgehead atoms. The molecule has 40 heavy (non-hydrogen) atoms. The summed E-state index contributed by atoms with van der Waals surface area (Å²) in [5.74, 6) is -1.35. The summed E-state index contributed by atoms with van der Waals surface area (Å²) in [6.07, 6.45) is -2.99. The molecule has 0 unspecified atom stereocenters. The lowest BCUT2D eigenvalue weighted by Gasteiger charge is -2.30. The Morgan fingerprint density at radius 1 is 0.875 bits per heavy atom. The van der Waals surface area contributed by atoms with E-state index < -0.39 is 46.8 Å². The fraction of sp³-hybridized carbons (Fsp3) is 0.276. The third-order valence-corrected chi connectivity index (χ3v) is 5.47. The molecule has 3 aromatic carbocycles. The summed E-state index contributed by atoms with van der Waals surface area (Å²) < 4.78 is 16.2. The zero-order chi connectivity index (χ0) is 29.3. The van der Waals surface area contributed by atoms with Crippen LogP contribution in [-0.4, -0.2) is 44.7 Å². The first kappa shape index (κ1) is 29.6. The minimum atomic E-state index is -1.73. The molecule has 1 atom stereocenters. The van der Waals surface area contributed by atoms with Crippen LogP contribution in [0.3, 0.4) is 0 Å². The zero-order valence-electron chi connectivity index (χ0n) is 22.3. The highest BCUT2D eigenvalue weighted by Gasteiger charge is 2.41. The SMILES string of the molecule is CC(C)(C)OC(=O)N(C(=O)OCc1ccccc1)[C@@H](Cc1cc(O)ccc1[N+](=O)[O-])C(=O)OCc1ccccc1. The fourth-order valence-corrected chi connectivity index (χ4v) is 3.66. The number of phenolic OH excluding ortho intramolecular Hbond substituents is 1. The average Bonchev–Trinajstić information content (AvgIpc) is 2.90. The summed E-state index contributed by atoms with van der Waals surface area (Å²) in [4.78, 5) is 51.6. The normalized spacial score (nSPS) is 11.7. The van der Waals surface area contributed by atoms with E-state index in [-0.39, 0.29) is 24.5 Å². The predicted molar refractivity (Wildman–Crippen MR) is 143 cm³/mol. The summed E-state index contributed by atoms with van der Waals surface area (Å²) >= 11 is 0. The second kappa shape index (κ2) is 13.2. The van der Waals surface area contributed by atoms with Gasteiger partial charge in [-0.3, -0.25) is 10.1 Å². The Bertz CT molecular complexity index is 1340. The molecule has 3 aromatic rings. The van der Waals surface area contributed by atoms with E-state index in [1.165, 1.54) is 0 Å². The number of amides is 2. The molecule has 0 radical (unpaired) electrons. The Morgan fingerprint density at radius 2 is 1.43 bits per heavy atom. The monoisotopic (exact) mass is 550 g/mol. The number of nitro groups is 1. The third-order valence-electron chi connectivity index (χ3n) is 5.47. The Morgan fingerprint density at radius 3 is 1.95 bits per heavy atom. The van der Waals surface area contributed by atoms with Gasteiger partial charge in [-0.05, 0) is 44.0 Å². The van der Waals surface area contributed by atoms with E-state index in [0.717, 1.165) is 18.2 Å². The molecular weight excluding hydrogens is 520 g/mol. The van der Waals surface area contributed by atoms with Crippen molar-refractivity contribution in [3.05, 3.63) is 106 Å². The van der Waals surface area contributed by atoms with Crippen LogP contribution in [0.25, 0.3) is 0 Å². The first-order chi connectivity index (χ1) is 18.9. The number of hydrogen-bond acceptors (Lipinski definition) is 9. The molecule has 0 aliphatic rings. The number of nitrogens with zero attached hydrogens (tertiary/aromatic N) is 2. The highest BCUT2D eigenvalue weighted by Crippen LogP contribution is 2.27. The van der Waals surface area contributed by atoms with Gasteiger partial charge in [0.2, 0.25) is 0 Å². The van der Waals surface area contributed by atoms with Gasteiger partial charge in [0.1, 0.15) is 30.6 Å². The van der Waals surface area contributed by atoms with Gasteiger partial charge in [0.15, 0.2) is 0 Å². The maximum atomic E-state index is 13.5. The van der Waals surface area contributed by atoms with Crippen LogP contribution in [0, 0.1) is 10.1 Å². The molecule has 0 fully saturated rings. The van der Waals surface area contributed by atoms with Gasteiger partial charge in [-0.2, -0.15) is 4.90 Å². The Balaban J connectivity index is 2.01. The lowest BCUT2D eigenvalue weighted by Crippen LogP contribution is -2.52. The van der Waals surface area contributed by atoms with E-state index in [9.17, 15) is 29.6 Å². The minimum absolute atomic E-state index is 0.115. The molecule has 0 aliphatic carbocycles. The van der Waals surface area contributed by atoms with Crippen LogP contribution in [0.1, 0.15) is 37.5 Å². The number of esters is 1. The van der Waals surface area contributed by atoms with Crippen molar-refractivity contribution in [3.63, 3.8) is 0 Å². The number of aromatic hydroxyl groups is 1. The maximum absolute atomic E-state index is 13.5. The molecule has 11 nitrogen and oxygen atoms in total. The molecule has 0 saturated carbocycles. The summed E-state index contributed by atoms with van der Waals surface area (Å²) in [6, 6.07) is 18.9. The van der Waals surface area contributed by atoms with E-state index in [2.05, 4.69) is 0 Å². The van der Waals surface area contributed by atoms with Crippen LogP contribution in [-0.2, 0) is 38.6 Å². The number of hydrogen-bond donors (Lipinski definition) is 1. The van der Waals surface area contributed by atoms with Crippen molar-refractivity contribution < 1.29 is 38.6 Å². The molecule has 0 aliphatic heterocycles. The van der Waals surface area contributed by atoms with Crippen molar-refractivity contribution >= 4 is 23.8 Å². The Kier molecular flexibility index (Phi) is 9.80. The van der Waals surface area contributed by atoms with Crippen LogP contribution in [0.2, 0.25) is 0 Å². The van der Waals surface area contributed by atoms with Crippen molar-refractivity contribution in [2.75, 3.05) is 0 Å². The average molecular weight is 551 g/mol. The van der Waals surface area contributed by atoms with Gasteiger partial charge < -0.3 is 19.3 Å². The third kappa shape index (κ3) is 8.55. The van der Waals surface area contributed by atoms with Crippen molar-refractivity contribution in [1.29, 1.82) is 0 Å². The van der Waals surface area contributed by atoms with Crippen LogP contribution in [0.4, 0.5) is 15.3 Å². The van der Waals surface area contributed by atoms with Crippen LogP contribution in [0.5, 0.6) is 5.75 Å². The molecule has 11 heteroatoms. The Hall–Kier alpha value is -4.93. The summed E-state index contributed by atoms with van der Waals surface area (Å²) in [5, 5.41) is 21.7. The zero-order valence-corrected chi connectivity index (χ0v) is 22.3. The maximum Gasteiger partial charge on any atom is 0.420 e. The minimum Gasteiger partial charge on any atom is -0.508 e. The number of imide groups is 1. The second-order valence-electron chi connectivity index (χ2n) is 9.77. The summed E-state index contributed by atoms with van der Waals surface area (Å²) in [6.45, 7) is 4.29. The standard InChI is InChI=1S/C29H30N2O9/c1-29(2,3)40-28(35)30(27(34)39-19-21-12-8-5-9-13-21)25(26(33)38-18-20-10-6-4-7-11-20)17-22-16-23(32)14-15-24(22)31(36)37/h4-16,25,32H,17-19H2,1-3H3/t25-/m0/s1. The largest absolute Gasteiger partial charge is 0.508 e. The van der Waals surface area contributed by atoms with E-state index in [4.69, 9.17) is 14.2 Å². The molecule has 3 rings (SSSR count). The van der Waals surface area contributed by atoms with Gasteiger partial charge in [0.05, 0.1) is 4.92 Å². The first-order valence-corrected chi connectivity index (χ1v) is 12.3. The molecule has 0 saturated heterocycles. The number of carbonyl (C=O) groups is 3. The van der Waals surface area contributed by atoms with E-state index in [1.54, 1.807) is 81.4 Å². The summed E-state index contributed by atoms with van der Waals surface area (Å²) in [5.41, 5.74) is -0.360. The molecule has 210 valence electrons. The van der Waals surface area contributed by atoms with Gasteiger partial charge in [0, 0.05) is 18.1 Å². The molecular formula is C29H30N2O9. The molecule has 1 N–H and O–H groups in total. The van der Waals surface area contributed by atoms with Crippen molar-refractivity contribution in [2.24, 2.45) is 0 Å². The quantitative estimate of drug-likeness (QED) is 0.157. The number of benzene rings is 3. The van der Waals surface area contributed by atoms with Gasteiger partial charge in [-0.15, -0.1) is 0 Å². The Labute approximate surface area is 231 Å². The number of nitro benzene ring substituents is 1. The van der Waals surface area contributed by atoms with E-state index in [0.29, 0.717) is 16.0 Å². The van der Waals surface area contributed by atoms with Crippen LogP contribution < -0.4 is 0 Å². The number of carbonyl (C=O) groups excluding carboxylic acids is 3.